The molecule has 1 aromatic carbocycles. The van der Waals surface area contributed by atoms with Crippen molar-refractivity contribution in [3.8, 4) is 11.5 Å². The molecule has 1 aliphatic rings. The van der Waals surface area contributed by atoms with Crippen molar-refractivity contribution in [3.05, 3.63) is 45.6 Å². The van der Waals surface area contributed by atoms with Gasteiger partial charge in [-0.2, -0.15) is 0 Å². The third kappa shape index (κ3) is 3.71. The highest BCUT2D eigenvalue weighted by molar-refractivity contribution is 7.12. The number of hydrogen-bond acceptors (Lipinski definition) is 5. The molecule has 2 heterocycles. The Labute approximate surface area is 158 Å². The smallest absolute Gasteiger partial charge is 0.320 e. The number of rotatable bonds is 6. The van der Waals surface area contributed by atoms with Crippen molar-refractivity contribution in [2.75, 3.05) is 20.8 Å². The fraction of sp³-hybridized carbons (Fsp3) is 0.450. The number of aliphatic carboxylic acids is 1. The number of aryl methyl sites for hydroxylation is 1. The Kier molecular flexibility index (Phi) is 5.84. The van der Waals surface area contributed by atoms with Gasteiger partial charge in [-0.1, -0.05) is 6.42 Å². The molecule has 0 bridgehead atoms. The van der Waals surface area contributed by atoms with E-state index in [0.29, 0.717) is 6.42 Å². The number of hydrogen-bond donors (Lipinski definition) is 1. The van der Waals surface area contributed by atoms with E-state index in [1.807, 2.05) is 18.2 Å². The van der Waals surface area contributed by atoms with Crippen molar-refractivity contribution in [2.45, 2.75) is 38.3 Å². The maximum Gasteiger partial charge on any atom is 0.320 e. The van der Waals surface area contributed by atoms with Crippen molar-refractivity contribution >= 4 is 17.3 Å². The number of carboxylic acids is 1. The summed E-state index contributed by atoms with van der Waals surface area (Å²) >= 11 is 1.71. The molecule has 3 rings (SSSR count). The minimum atomic E-state index is -0.754. The molecule has 1 fully saturated rings. The molecule has 1 aliphatic heterocycles. The quantitative estimate of drug-likeness (QED) is 0.824. The van der Waals surface area contributed by atoms with Gasteiger partial charge < -0.3 is 14.6 Å². The van der Waals surface area contributed by atoms with Crippen molar-refractivity contribution in [2.24, 2.45) is 0 Å². The number of nitrogens with zero attached hydrogens (tertiary/aromatic N) is 1. The molecule has 6 heteroatoms. The molecule has 0 spiro atoms. The average Bonchev–Trinajstić information content (AvgIpc) is 3.08. The van der Waals surface area contributed by atoms with Gasteiger partial charge >= 0.3 is 5.97 Å². The Morgan fingerprint density at radius 3 is 2.65 bits per heavy atom. The van der Waals surface area contributed by atoms with Gasteiger partial charge in [-0.15, -0.1) is 11.3 Å². The number of ether oxygens (including phenoxy) is 2. The van der Waals surface area contributed by atoms with Gasteiger partial charge in [0.1, 0.15) is 17.5 Å². The standard InChI is InChI=1S/C20H25NO4S/c1-13-7-10-18(26-13)19(21-11-5-4-6-16(21)20(22)23)15-9-8-14(24-2)12-17(15)25-3/h7-10,12,16,19H,4-6,11H2,1-3H3,(H,22,23). The molecule has 0 radical (unpaired) electrons. The Morgan fingerprint density at radius 2 is 2.04 bits per heavy atom. The van der Waals surface area contributed by atoms with Crippen LogP contribution < -0.4 is 9.47 Å². The number of piperidine rings is 1. The lowest BCUT2D eigenvalue weighted by Crippen LogP contribution is -2.46. The molecule has 0 saturated carbocycles. The number of likely N-dealkylation sites (tertiary alicyclic amines) is 1. The second-order valence-corrected chi connectivity index (χ2v) is 7.87. The van der Waals surface area contributed by atoms with Crippen LogP contribution in [-0.2, 0) is 4.79 Å². The van der Waals surface area contributed by atoms with E-state index in [2.05, 4.69) is 24.0 Å². The van der Waals surface area contributed by atoms with Gasteiger partial charge in [0.2, 0.25) is 0 Å². The van der Waals surface area contributed by atoms with E-state index in [1.54, 1.807) is 25.6 Å². The van der Waals surface area contributed by atoms with E-state index >= 15 is 0 Å². The van der Waals surface area contributed by atoms with Crippen LogP contribution >= 0.6 is 11.3 Å². The van der Waals surface area contributed by atoms with Crippen molar-refractivity contribution in [1.82, 2.24) is 4.90 Å². The minimum Gasteiger partial charge on any atom is -0.497 e. The first-order chi connectivity index (χ1) is 12.5. The Bertz CT molecular complexity index is 773. The van der Waals surface area contributed by atoms with Gasteiger partial charge in [0.25, 0.3) is 0 Å². The highest BCUT2D eigenvalue weighted by Crippen LogP contribution is 2.41. The van der Waals surface area contributed by atoms with Crippen molar-refractivity contribution in [3.63, 3.8) is 0 Å². The maximum absolute atomic E-state index is 11.9. The van der Waals surface area contributed by atoms with Gasteiger partial charge in [0.15, 0.2) is 0 Å². The summed E-state index contributed by atoms with van der Waals surface area (Å²) in [6.07, 6.45) is 2.63. The monoisotopic (exact) mass is 375 g/mol. The van der Waals surface area contributed by atoms with Crippen LogP contribution in [0.5, 0.6) is 11.5 Å². The first-order valence-corrected chi connectivity index (χ1v) is 9.63. The lowest BCUT2D eigenvalue weighted by atomic mass is 9.94. The molecule has 2 aromatic rings. The Hall–Kier alpha value is -2.05. The van der Waals surface area contributed by atoms with Crippen LogP contribution in [0.4, 0.5) is 0 Å². The zero-order chi connectivity index (χ0) is 18.7. The predicted molar refractivity (Wildman–Crippen MR) is 102 cm³/mol. The molecular weight excluding hydrogens is 350 g/mol. The van der Waals surface area contributed by atoms with E-state index in [4.69, 9.17) is 9.47 Å². The van der Waals surface area contributed by atoms with E-state index in [9.17, 15) is 9.90 Å². The molecule has 0 amide bonds. The van der Waals surface area contributed by atoms with Crippen LogP contribution in [0, 0.1) is 6.92 Å². The largest absolute Gasteiger partial charge is 0.497 e. The lowest BCUT2D eigenvalue weighted by molar-refractivity contribution is -0.145. The Balaban J connectivity index is 2.11. The summed E-state index contributed by atoms with van der Waals surface area (Å²) < 4.78 is 11.0. The second kappa shape index (κ2) is 8.10. The molecule has 2 atom stereocenters. The number of thiophene rings is 1. The third-order valence-corrected chi connectivity index (χ3v) is 5.98. The topological polar surface area (TPSA) is 59.0 Å². The molecule has 2 unspecified atom stereocenters. The number of benzene rings is 1. The SMILES string of the molecule is COc1ccc(C(c2ccc(C)s2)N2CCCCC2C(=O)O)c(OC)c1. The predicted octanol–water partition coefficient (Wildman–Crippen LogP) is 4.10. The number of methoxy groups -OCH3 is 2. The Morgan fingerprint density at radius 1 is 1.23 bits per heavy atom. The minimum absolute atomic E-state index is 0.143. The molecule has 1 N–H and O–H groups in total. The van der Waals surface area contributed by atoms with Crippen molar-refractivity contribution in [1.29, 1.82) is 0 Å². The summed E-state index contributed by atoms with van der Waals surface area (Å²) in [5.74, 6) is 0.686. The van der Waals surface area contributed by atoms with E-state index in [1.165, 1.54) is 4.88 Å². The van der Waals surface area contributed by atoms with Gasteiger partial charge in [0, 0.05) is 21.4 Å². The number of carbonyl (C=O) groups is 1. The normalized spacial score (nSPS) is 19.1. The van der Waals surface area contributed by atoms with Crippen molar-refractivity contribution < 1.29 is 19.4 Å². The molecule has 0 aliphatic carbocycles. The van der Waals surface area contributed by atoms with Crippen LogP contribution in [0.3, 0.4) is 0 Å². The highest BCUT2D eigenvalue weighted by Gasteiger charge is 2.36. The maximum atomic E-state index is 11.9. The second-order valence-electron chi connectivity index (χ2n) is 6.55. The molecular formula is C20H25NO4S. The first-order valence-electron chi connectivity index (χ1n) is 8.82. The summed E-state index contributed by atoms with van der Waals surface area (Å²) in [5.41, 5.74) is 0.975. The van der Waals surface area contributed by atoms with Crippen LogP contribution in [-0.4, -0.2) is 42.8 Å². The first kappa shape index (κ1) is 18.7. The number of carboxylic acid groups (broad SMARTS) is 1. The summed E-state index contributed by atoms with van der Waals surface area (Å²) in [7, 11) is 3.26. The van der Waals surface area contributed by atoms with Crippen LogP contribution in [0.15, 0.2) is 30.3 Å². The highest BCUT2D eigenvalue weighted by atomic mass is 32.1. The van der Waals surface area contributed by atoms with Crippen LogP contribution in [0.25, 0.3) is 0 Å². The molecule has 5 nitrogen and oxygen atoms in total. The summed E-state index contributed by atoms with van der Waals surface area (Å²) in [4.78, 5) is 16.4. The average molecular weight is 375 g/mol. The van der Waals surface area contributed by atoms with Gasteiger partial charge in [-0.25, -0.2) is 0 Å². The van der Waals surface area contributed by atoms with Crippen LogP contribution in [0.1, 0.15) is 40.6 Å². The van der Waals surface area contributed by atoms with Crippen LogP contribution in [0.2, 0.25) is 0 Å². The molecule has 140 valence electrons. The van der Waals surface area contributed by atoms with Gasteiger partial charge in [-0.3, -0.25) is 9.69 Å². The summed E-state index contributed by atoms with van der Waals surface area (Å²) in [6.45, 7) is 2.83. The summed E-state index contributed by atoms with van der Waals surface area (Å²) in [5, 5.41) is 9.78. The lowest BCUT2D eigenvalue weighted by Gasteiger charge is -2.39. The molecule has 26 heavy (non-hydrogen) atoms. The van der Waals surface area contributed by atoms with Gasteiger partial charge in [0.05, 0.1) is 20.3 Å². The van der Waals surface area contributed by atoms with E-state index in [-0.39, 0.29) is 6.04 Å². The fourth-order valence-corrected chi connectivity index (χ4v) is 4.69. The van der Waals surface area contributed by atoms with E-state index < -0.39 is 12.0 Å². The zero-order valence-electron chi connectivity index (χ0n) is 15.4. The fourth-order valence-electron chi connectivity index (χ4n) is 3.67. The van der Waals surface area contributed by atoms with E-state index in [0.717, 1.165) is 41.3 Å². The van der Waals surface area contributed by atoms with Gasteiger partial charge in [-0.05, 0) is 50.6 Å². The molecule has 1 aromatic heterocycles. The molecule has 1 saturated heterocycles. The zero-order valence-corrected chi connectivity index (χ0v) is 16.2. The summed E-state index contributed by atoms with van der Waals surface area (Å²) in [6, 6.07) is 9.32. The third-order valence-electron chi connectivity index (χ3n) is 4.93.